The summed E-state index contributed by atoms with van der Waals surface area (Å²) in [6.07, 6.45) is 5.87. The van der Waals surface area contributed by atoms with Crippen LogP contribution < -0.4 is 0 Å². The lowest BCUT2D eigenvalue weighted by molar-refractivity contribution is -0.114. The zero-order valence-corrected chi connectivity index (χ0v) is 15.4. The smallest absolute Gasteiger partial charge is 0.161 e. The van der Waals surface area contributed by atoms with Gasteiger partial charge in [-0.05, 0) is 36.8 Å². The van der Waals surface area contributed by atoms with Crippen LogP contribution in [0.15, 0.2) is 66.9 Å². The van der Waals surface area contributed by atoms with Crippen molar-refractivity contribution >= 4 is 22.8 Å². The molecule has 3 aromatic heterocycles. The number of ketones is 1. The van der Waals surface area contributed by atoms with Gasteiger partial charge in [0.25, 0.3) is 0 Å². The molecule has 0 amide bonds. The lowest BCUT2D eigenvalue weighted by atomic mass is 10.1. The summed E-state index contributed by atoms with van der Waals surface area (Å²) in [6.45, 7) is 1.91. The number of pyridine rings is 2. The third-order valence-electron chi connectivity index (χ3n) is 4.42. The van der Waals surface area contributed by atoms with E-state index >= 15 is 0 Å². The molecule has 138 valence electrons. The number of aryl methyl sites for hydroxylation is 1. The van der Waals surface area contributed by atoms with Gasteiger partial charge >= 0.3 is 0 Å². The largest absolute Gasteiger partial charge is 0.330 e. The molecule has 1 aromatic carbocycles. The first-order valence-corrected chi connectivity index (χ1v) is 8.69. The molecule has 5 nitrogen and oxygen atoms in total. The summed E-state index contributed by atoms with van der Waals surface area (Å²) in [5.74, 6) is 0.561. The maximum absolute atomic E-state index is 12.5. The first-order valence-electron chi connectivity index (χ1n) is 11.2. The molecule has 0 aliphatic rings. The number of benzene rings is 1. The molecule has 0 saturated heterocycles. The van der Waals surface area contributed by atoms with Gasteiger partial charge in [-0.1, -0.05) is 36.3 Å². The average molecular weight is 373 g/mol. The Hall–Kier alpha value is -3.60. The molecule has 0 aliphatic carbocycles. The Kier molecular flexibility index (Phi) is 3.44. The molecule has 0 fully saturated rings. The molecule has 0 N–H and O–H groups in total. The van der Waals surface area contributed by atoms with Crippen molar-refractivity contribution in [3.63, 3.8) is 0 Å². The summed E-state index contributed by atoms with van der Waals surface area (Å²) in [4.78, 5) is 25.8. The van der Waals surface area contributed by atoms with Crippen molar-refractivity contribution in [1.82, 2.24) is 19.5 Å². The fraction of sp³-hybridized carbons (Fsp3) is 0.130. The molecule has 3 heterocycles. The van der Waals surface area contributed by atoms with Crippen molar-refractivity contribution in [2.45, 2.75) is 13.3 Å². The van der Waals surface area contributed by atoms with Gasteiger partial charge in [-0.3, -0.25) is 9.78 Å². The predicted octanol–water partition coefficient (Wildman–Crippen LogP) is 4.16. The van der Waals surface area contributed by atoms with Crippen LogP contribution in [-0.2, 0) is 18.3 Å². The number of imidazole rings is 1. The van der Waals surface area contributed by atoms with Crippen LogP contribution in [0.25, 0.3) is 28.4 Å². The normalized spacial score (nSPS) is 13.9. The minimum Gasteiger partial charge on any atom is -0.330 e. The van der Waals surface area contributed by atoms with Gasteiger partial charge in [-0.15, -0.1) is 0 Å². The van der Waals surface area contributed by atoms with E-state index in [1.165, 1.54) is 12.2 Å². The predicted molar refractivity (Wildman–Crippen MR) is 111 cm³/mol. The Balaban J connectivity index is 1.59. The van der Waals surface area contributed by atoms with E-state index in [9.17, 15) is 4.79 Å². The van der Waals surface area contributed by atoms with Gasteiger partial charge in [-0.25, -0.2) is 9.97 Å². The fourth-order valence-corrected chi connectivity index (χ4v) is 2.79. The average Bonchev–Trinajstić information content (AvgIpc) is 3.14. The van der Waals surface area contributed by atoms with Crippen molar-refractivity contribution in [1.29, 1.82) is 0 Å². The van der Waals surface area contributed by atoms with Gasteiger partial charge in [0.15, 0.2) is 5.78 Å². The van der Waals surface area contributed by atoms with E-state index in [0.29, 0.717) is 11.2 Å². The van der Waals surface area contributed by atoms with Crippen molar-refractivity contribution in [3.8, 4) is 11.4 Å². The quantitative estimate of drug-likeness (QED) is 0.493. The monoisotopic (exact) mass is 373 g/mol. The van der Waals surface area contributed by atoms with Crippen LogP contribution >= 0.6 is 0 Å². The maximum atomic E-state index is 12.5. The first kappa shape index (κ1) is 12.7. The molecule has 4 aromatic rings. The number of hydrogen-bond acceptors (Lipinski definition) is 4. The van der Waals surface area contributed by atoms with Crippen molar-refractivity contribution in [3.05, 3.63) is 84.0 Å². The standard InChI is InChI=1S/C23H20N4O/c1-16-24-15-23(27(16)2)21-11-9-18-14-25-19(13-22(18)26-21)12-20(28)10-8-17-6-4-3-5-7-17/h3-11,13-15H,12H2,1-2H3/b10-8+/i3D,4D,5D,6D,7D. The molecule has 28 heavy (non-hydrogen) atoms. The second-order valence-electron chi connectivity index (χ2n) is 6.33. The summed E-state index contributed by atoms with van der Waals surface area (Å²) in [5.41, 5.74) is 2.82. The molecule has 4 rings (SSSR count). The highest BCUT2D eigenvalue weighted by atomic mass is 16.1. The Bertz CT molecular complexity index is 1420. The van der Waals surface area contributed by atoms with Gasteiger partial charge in [0.1, 0.15) is 5.82 Å². The summed E-state index contributed by atoms with van der Waals surface area (Å²) < 4.78 is 40.9. The van der Waals surface area contributed by atoms with Crippen molar-refractivity contribution in [2.75, 3.05) is 0 Å². The first-order chi connectivity index (χ1) is 15.7. The SMILES string of the molecule is [2H]c1c([2H])c([2H])c(/C=C/C(=O)Cc2cc3nc(-c4cnc(C)n4C)ccc3cn2)c([2H])c1[2H]. The molecule has 5 heteroatoms. The second kappa shape index (κ2) is 7.56. The highest BCUT2D eigenvalue weighted by Gasteiger charge is 2.09. The lowest BCUT2D eigenvalue weighted by Crippen LogP contribution is -2.01. The highest BCUT2D eigenvalue weighted by Crippen LogP contribution is 2.21. The molecule has 0 bridgehead atoms. The number of hydrogen-bond donors (Lipinski definition) is 0. The Morgan fingerprint density at radius 3 is 2.75 bits per heavy atom. The zero-order chi connectivity index (χ0) is 23.9. The zero-order valence-electron chi connectivity index (χ0n) is 20.4. The number of aromatic nitrogens is 4. The molecular weight excluding hydrogens is 348 g/mol. The Morgan fingerprint density at radius 2 is 2.00 bits per heavy atom. The van der Waals surface area contributed by atoms with E-state index in [1.807, 2.05) is 30.7 Å². The number of fused-ring (bicyclic) bond motifs is 1. The number of allylic oxidation sites excluding steroid dienone is 1. The lowest BCUT2D eigenvalue weighted by Gasteiger charge is -2.06. The molecular formula is C23H20N4O. The summed E-state index contributed by atoms with van der Waals surface area (Å²) >= 11 is 0. The Morgan fingerprint density at radius 1 is 1.18 bits per heavy atom. The van der Waals surface area contributed by atoms with Crippen LogP contribution in [0.4, 0.5) is 0 Å². The number of nitrogens with zero attached hydrogens (tertiary/aromatic N) is 4. The molecule has 0 saturated carbocycles. The van der Waals surface area contributed by atoms with E-state index in [2.05, 4.69) is 9.97 Å². The fourth-order valence-electron chi connectivity index (χ4n) is 2.79. The minimum atomic E-state index is -0.470. The van der Waals surface area contributed by atoms with Crippen molar-refractivity contribution < 1.29 is 11.6 Å². The van der Waals surface area contributed by atoms with Gasteiger partial charge in [0.2, 0.25) is 0 Å². The molecule has 0 aliphatic heterocycles. The van der Waals surface area contributed by atoms with Crippen LogP contribution in [0.2, 0.25) is 0 Å². The van der Waals surface area contributed by atoms with Gasteiger partial charge in [0, 0.05) is 18.6 Å². The second-order valence-corrected chi connectivity index (χ2v) is 6.33. The van der Waals surface area contributed by atoms with Crippen LogP contribution in [0.3, 0.4) is 0 Å². The van der Waals surface area contributed by atoms with Gasteiger partial charge in [0.05, 0.1) is 42.1 Å². The third-order valence-corrected chi connectivity index (χ3v) is 4.42. The molecule has 0 radical (unpaired) electrons. The van der Waals surface area contributed by atoms with E-state index in [4.69, 9.17) is 11.8 Å². The van der Waals surface area contributed by atoms with E-state index < -0.39 is 18.1 Å². The van der Waals surface area contributed by atoms with Gasteiger partial charge < -0.3 is 4.57 Å². The number of rotatable bonds is 5. The molecule has 0 atom stereocenters. The third kappa shape index (κ3) is 3.74. The summed E-state index contributed by atoms with van der Waals surface area (Å²) in [5, 5.41) is 0.837. The van der Waals surface area contributed by atoms with E-state index in [1.54, 1.807) is 18.5 Å². The maximum Gasteiger partial charge on any atom is 0.161 e. The van der Waals surface area contributed by atoms with E-state index in [-0.39, 0.29) is 29.9 Å². The van der Waals surface area contributed by atoms with E-state index in [0.717, 1.165) is 22.6 Å². The van der Waals surface area contributed by atoms with Crippen LogP contribution in [-0.4, -0.2) is 25.3 Å². The molecule has 0 unspecified atom stereocenters. The minimum absolute atomic E-state index is 0.0121. The van der Waals surface area contributed by atoms with Crippen LogP contribution in [0.1, 0.15) is 23.9 Å². The number of carbonyl (C=O) groups is 1. The summed E-state index contributed by atoms with van der Waals surface area (Å²) in [7, 11) is 1.92. The Labute approximate surface area is 170 Å². The van der Waals surface area contributed by atoms with Crippen LogP contribution in [0, 0.1) is 6.92 Å². The van der Waals surface area contributed by atoms with Gasteiger partial charge in [-0.2, -0.15) is 0 Å². The molecule has 0 spiro atoms. The number of carbonyl (C=O) groups excluding carboxylic acids is 1. The van der Waals surface area contributed by atoms with Crippen molar-refractivity contribution in [2.24, 2.45) is 7.05 Å². The summed E-state index contributed by atoms with van der Waals surface area (Å²) in [6, 6.07) is 3.51. The highest BCUT2D eigenvalue weighted by molar-refractivity contribution is 5.95. The topological polar surface area (TPSA) is 60.7 Å². The van der Waals surface area contributed by atoms with Crippen LogP contribution in [0.5, 0.6) is 0 Å².